The van der Waals surface area contributed by atoms with Crippen molar-refractivity contribution in [3.8, 4) is 17.2 Å². The van der Waals surface area contributed by atoms with E-state index in [4.69, 9.17) is 9.47 Å². The van der Waals surface area contributed by atoms with Crippen LogP contribution in [0.2, 0.25) is 0 Å². The van der Waals surface area contributed by atoms with Crippen LogP contribution in [-0.4, -0.2) is 18.4 Å². The minimum Gasteiger partial charge on any atom is -0.484 e. The van der Waals surface area contributed by atoms with Crippen LogP contribution in [0.25, 0.3) is 0 Å². The lowest BCUT2D eigenvalue weighted by Crippen LogP contribution is -2.20. The van der Waals surface area contributed by atoms with E-state index in [1.807, 2.05) is 30.3 Å². The third-order valence-corrected chi connectivity index (χ3v) is 3.98. The minimum atomic E-state index is -0.322. The Morgan fingerprint density at radius 2 is 1.74 bits per heavy atom. The average molecular weight is 360 g/mol. The molecule has 0 spiro atoms. The lowest BCUT2D eigenvalue weighted by Gasteiger charge is -2.10. The summed E-state index contributed by atoms with van der Waals surface area (Å²) in [4.78, 5) is 24.6. The van der Waals surface area contributed by atoms with Crippen molar-refractivity contribution in [2.45, 2.75) is 0 Å². The number of hydrogen-bond acceptors (Lipinski definition) is 4. The zero-order chi connectivity index (χ0) is 18.6. The molecule has 1 heterocycles. The summed E-state index contributed by atoms with van der Waals surface area (Å²) in [6.07, 6.45) is 0. The zero-order valence-corrected chi connectivity index (χ0v) is 14.3. The van der Waals surface area contributed by atoms with Crippen LogP contribution in [0, 0.1) is 0 Å². The number of ether oxygens (including phenoxy) is 2. The number of anilines is 2. The van der Waals surface area contributed by atoms with Crippen LogP contribution in [0.3, 0.4) is 0 Å². The number of amides is 2. The highest BCUT2D eigenvalue weighted by Gasteiger charge is 2.21. The monoisotopic (exact) mass is 360 g/mol. The average Bonchev–Trinajstić information content (AvgIpc) is 2.83. The highest BCUT2D eigenvalue weighted by atomic mass is 16.5. The first-order chi connectivity index (χ1) is 13.2. The van der Waals surface area contributed by atoms with Gasteiger partial charge in [0.1, 0.15) is 11.5 Å². The number of rotatable bonds is 4. The Hall–Kier alpha value is -3.80. The van der Waals surface area contributed by atoms with E-state index < -0.39 is 0 Å². The molecule has 0 fully saturated rings. The van der Waals surface area contributed by atoms with E-state index in [1.165, 1.54) is 0 Å². The Morgan fingerprint density at radius 3 is 2.59 bits per heavy atom. The van der Waals surface area contributed by atoms with Crippen LogP contribution in [0.4, 0.5) is 11.4 Å². The first-order valence-corrected chi connectivity index (χ1v) is 8.39. The van der Waals surface area contributed by atoms with Crippen molar-refractivity contribution in [1.29, 1.82) is 0 Å². The van der Waals surface area contributed by atoms with Gasteiger partial charge in [0.05, 0.1) is 11.3 Å². The third kappa shape index (κ3) is 3.74. The summed E-state index contributed by atoms with van der Waals surface area (Å²) in [5.41, 5.74) is 1.42. The van der Waals surface area contributed by atoms with Crippen LogP contribution in [0.1, 0.15) is 10.4 Å². The fourth-order valence-corrected chi connectivity index (χ4v) is 2.70. The predicted octanol–water partition coefficient (Wildman–Crippen LogP) is 4.06. The van der Waals surface area contributed by atoms with Crippen molar-refractivity contribution in [2.75, 3.05) is 17.2 Å². The van der Waals surface area contributed by atoms with Crippen molar-refractivity contribution in [3.05, 3.63) is 78.4 Å². The van der Waals surface area contributed by atoms with Gasteiger partial charge in [0.25, 0.3) is 11.8 Å². The van der Waals surface area contributed by atoms with E-state index >= 15 is 0 Å². The maximum absolute atomic E-state index is 12.5. The maximum Gasteiger partial charge on any atom is 0.262 e. The Morgan fingerprint density at radius 1 is 0.963 bits per heavy atom. The fraction of sp³-hybridized carbons (Fsp3) is 0.0476. The van der Waals surface area contributed by atoms with Crippen LogP contribution < -0.4 is 20.1 Å². The smallest absolute Gasteiger partial charge is 0.262 e. The molecule has 0 unspecified atom stereocenters. The van der Waals surface area contributed by atoms with Crippen molar-refractivity contribution in [1.82, 2.24) is 0 Å². The second-order valence-corrected chi connectivity index (χ2v) is 5.91. The van der Waals surface area contributed by atoms with Gasteiger partial charge in [-0.05, 0) is 42.5 Å². The third-order valence-electron chi connectivity index (χ3n) is 3.98. The lowest BCUT2D eigenvalue weighted by molar-refractivity contribution is -0.118. The number of para-hydroxylation sites is 3. The van der Waals surface area contributed by atoms with Gasteiger partial charge in [0.15, 0.2) is 12.4 Å². The van der Waals surface area contributed by atoms with Gasteiger partial charge in [-0.25, -0.2) is 0 Å². The quantitative estimate of drug-likeness (QED) is 0.736. The minimum absolute atomic E-state index is 0.130. The van der Waals surface area contributed by atoms with Gasteiger partial charge in [-0.3, -0.25) is 9.59 Å². The molecule has 0 aliphatic carbocycles. The number of carbonyl (C=O) groups is 2. The van der Waals surface area contributed by atoms with Crippen molar-refractivity contribution >= 4 is 23.2 Å². The van der Waals surface area contributed by atoms with E-state index in [2.05, 4.69) is 10.6 Å². The van der Waals surface area contributed by atoms with Crippen LogP contribution in [-0.2, 0) is 4.79 Å². The second-order valence-electron chi connectivity index (χ2n) is 5.91. The van der Waals surface area contributed by atoms with Gasteiger partial charge in [0.2, 0.25) is 0 Å². The molecule has 0 saturated heterocycles. The maximum atomic E-state index is 12.5. The van der Waals surface area contributed by atoms with Crippen molar-refractivity contribution in [3.63, 3.8) is 0 Å². The van der Waals surface area contributed by atoms with Gasteiger partial charge >= 0.3 is 0 Å². The molecule has 1 aliphatic rings. The zero-order valence-electron chi connectivity index (χ0n) is 14.3. The highest BCUT2D eigenvalue weighted by Crippen LogP contribution is 2.36. The normalized spacial score (nSPS) is 11.9. The number of nitrogens with one attached hydrogen (secondary N) is 2. The van der Waals surface area contributed by atoms with E-state index in [-0.39, 0.29) is 18.4 Å². The van der Waals surface area contributed by atoms with Gasteiger partial charge in [-0.15, -0.1) is 0 Å². The molecule has 6 heteroatoms. The Kier molecular flexibility index (Phi) is 4.45. The van der Waals surface area contributed by atoms with E-state index in [9.17, 15) is 9.59 Å². The molecule has 2 N–H and O–H groups in total. The molecule has 6 nitrogen and oxygen atoms in total. The summed E-state index contributed by atoms with van der Waals surface area (Å²) in [5, 5.41) is 5.53. The largest absolute Gasteiger partial charge is 0.484 e. The molecule has 1 aliphatic heterocycles. The molecule has 0 saturated carbocycles. The van der Waals surface area contributed by atoms with E-state index in [0.717, 1.165) is 0 Å². The van der Waals surface area contributed by atoms with Gasteiger partial charge in [-0.2, -0.15) is 0 Å². The lowest BCUT2D eigenvalue weighted by atomic mass is 10.1. The summed E-state index contributed by atoms with van der Waals surface area (Å²) in [6, 6.07) is 21.2. The standard InChI is InChI=1S/C21H16N2O4/c24-20(13-26-15-6-2-1-3-7-15)22-14-10-11-18-16(12-14)21(25)23-17-8-4-5-9-19(17)27-18/h1-12H,13H2,(H,22,24)(H,23,25). The molecule has 3 aromatic carbocycles. The first kappa shape index (κ1) is 16.7. The molecular formula is C21H16N2O4. The Bertz CT molecular complexity index is 1000. The molecule has 2 amide bonds. The van der Waals surface area contributed by atoms with Gasteiger partial charge in [-0.1, -0.05) is 30.3 Å². The Balaban J connectivity index is 1.47. The van der Waals surface area contributed by atoms with Gasteiger partial charge in [0, 0.05) is 5.69 Å². The molecule has 134 valence electrons. The molecule has 4 rings (SSSR count). The summed E-state index contributed by atoms with van der Waals surface area (Å²) in [6.45, 7) is -0.130. The highest BCUT2D eigenvalue weighted by molar-refractivity contribution is 6.09. The van der Waals surface area contributed by atoms with Crippen LogP contribution in [0.15, 0.2) is 72.8 Å². The van der Waals surface area contributed by atoms with Crippen LogP contribution in [0.5, 0.6) is 17.2 Å². The fourth-order valence-electron chi connectivity index (χ4n) is 2.70. The molecule has 0 aromatic heterocycles. The van der Waals surface area contributed by atoms with Crippen molar-refractivity contribution in [2.24, 2.45) is 0 Å². The number of carbonyl (C=O) groups excluding carboxylic acids is 2. The molecule has 0 bridgehead atoms. The Labute approximate surface area is 155 Å². The SMILES string of the molecule is O=C(COc1ccccc1)Nc1ccc2c(c1)C(=O)Nc1ccccc1O2. The van der Waals surface area contributed by atoms with Gasteiger partial charge < -0.3 is 20.1 Å². The first-order valence-electron chi connectivity index (χ1n) is 8.39. The van der Waals surface area contributed by atoms with E-state index in [0.29, 0.717) is 34.2 Å². The number of benzene rings is 3. The second kappa shape index (κ2) is 7.21. The van der Waals surface area contributed by atoms with Crippen molar-refractivity contribution < 1.29 is 19.1 Å². The molecule has 0 radical (unpaired) electrons. The molecule has 3 aromatic rings. The summed E-state index contributed by atoms with van der Waals surface area (Å²) >= 11 is 0. The predicted molar refractivity (Wildman–Crippen MR) is 101 cm³/mol. The summed E-state index contributed by atoms with van der Waals surface area (Å²) in [7, 11) is 0. The topological polar surface area (TPSA) is 76.7 Å². The number of fused-ring (bicyclic) bond motifs is 2. The summed E-state index contributed by atoms with van der Waals surface area (Å²) < 4.78 is 11.2. The molecule has 0 atom stereocenters. The van der Waals surface area contributed by atoms with E-state index in [1.54, 1.807) is 42.5 Å². The number of hydrogen-bond donors (Lipinski definition) is 2. The van der Waals surface area contributed by atoms with Crippen LogP contribution >= 0.6 is 0 Å². The molecule has 27 heavy (non-hydrogen) atoms. The molecular weight excluding hydrogens is 344 g/mol. The summed E-state index contributed by atoms with van der Waals surface area (Å²) in [5.74, 6) is 0.984.